The summed E-state index contributed by atoms with van der Waals surface area (Å²) in [4.78, 5) is 0. The van der Waals surface area contributed by atoms with Crippen LogP contribution in [-0.2, 0) is 5.33 Å². The van der Waals surface area contributed by atoms with E-state index in [2.05, 4.69) is 21.1 Å². The first-order valence-electron chi connectivity index (χ1n) is 5.69. The number of halogens is 1. The van der Waals surface area contributed by atoms with Crippen LogP contribution in [0.15, 0.2) is 53.7 Å². The Labute approximate surface area is 115 Å². The first kappa shape index (κ1) is 12.8. The molecule has 2 aromatic carbocycles. The van der Waals surface area contributed by atoms with Crippen LogP contribution in [0.3, 0.4) is 0 Å². The van der Waals surface area contributed by atoms with E-state index in [1.807, 2.05) is 55.5 Å². The summed E-state index contributed by atoms with van der Waals surface area (Å²) in [5, 5.41) is 13.5. The highest BCUT2D eigenvalue weighted by Gasteiger charge is 2.10. The van der Waals surface area contributed by atoms with E-state index >= 15 is 0 Å². The fourth-order valence-electron chi connectivity index (χ4n) is 1.91. The Morgan fingerprint density at radius 2 is 1.94 bits per heavy atom. The minimum absolute atomic E-state index is 0.607. The summed E-state index contributed by atoms with van der Waals surface area (Å²) in [5.41, 5.74) is 4.73. The van der Waals surface area contributed by atoms with Gasteiger partial charge in [-0.1, -0.05) is 63.6 Å². The average molecular weight is 304 g/mol. The molecule has 0 unspecified atom stereocenters. The molecule has 0 aliphatic heterocycles. The third-order valence-electron chi connectivity index (χ3n) is 2.85. The standard InChI is InChI=1S/C15H14BrNO/c1-11-5-2-3-8-14(11)15(17-18)13-7-4-6-12(9-13)10-16/h2-9,18H,10H2,1H3. The van der Waals surface area contributed by atoms with E-state index in [9.17, 15) is 5.21 Å². The molecule has 0 spiro atoms. The summed E-state index contributed by atoms with van der Waals surface area (Å²) < 4.78 is 0. The first-order valence-corrected chi connectivity index (χ1v) is 6.81. The van der Waals surface area contributed by atoms with Crippen molar-refractivity contribution in [3.63, 3.8) is 0 Å². The molecule has 0 amide bonds. The summed E-state index contributed by atoms with van der Waals surface area (Å²) in [6, 6.07) is 15.9. The van der Waals surface area contributed by atoms with Gasteiger partial charge in [-0.25, -0.2) is 0 Å². The SMILES string of the molecule is Cc1ccccc1C(=NO)c1cccc(CBr)c1. The number of rotatable bonds is 3. The van der Waals surface area contributed by atoms with Gasteiger partial charge in [-0.3, -0.25) is 0 Å². The molecule has 0 saturated carbocycles. The van der Waals surface area contributed by atoms with E-state index < -0.39 is 0 Å². The molecule has 0 radical (unpaired) electrons. The molecule has 0 fully saturated rings. The molecule has 2 aromatic rings. The van der Waals surface area contributed by atoms with Gasteiger partial charge in [0.15, 0.2) is 0 Å². The Morgan fingerprint density at radius 3 is 2.61 bits per heavy atom. The number of hydrogen-bond donors (Lipinski definition) is 1. The highest BCUT2D eigenvalue weighted by molar-refractivity contribution is 9.08. The molecule has 92 valence electrons. The van der Waals surface area contributed by atoms with Crippen LogP contribution in [-0.4, -0.2) is 10.9 Å². The lowest BCUT2D eigenvalue weighted by Crippen LogP contribution is -2.05. The smallest absolute Gasteiger partial charge is 0.117 e. The van der Waals surface area contributed by atoms with Crippen molar-refractivity contribution in [2.45, 2.75) is 12.3 Å². The van der Waals surface area contributed by atoms with Crippen molar-refractivity contribution in [1.29, 1.82) is 0 Å². The van der Waals surface area contributed by atoms with Gasteiger partial charge in [0.05, 0.1) is 0 Å². The van der Waals surface area contributed by atoms with Crippen molar-refractivity contribution in [2.75, 3.05) is 0 Å². The molecule has 0 atom stereocenters. The van der Waals surface area contributed by atoms with Gasteiger partial charge in [0, 0.05) is 16.5 Å². The zero-order chi connectivity index (χ0) is 13.0. The Balaban J connectivity index is 2.50. The van der Waals surface area contributed by atoms with Crippen LogP contribution >= 0.6 is 15.9 Å². The Morgan fingerprint density at radius 1 is 1.17 bits per heavy atom. The summed E-state index contributed by atoms with van der Waals surface area (Å²) in [5.74, 6) is 0. The second kappa shape index (κ2) is 5.83. The molecule has 0 bridgehead atoms. The van der Waals surface area contributed by atoms with Crippen molar-refractivity contribution in [3.8, 4) is 0 Å². The van der Waals surface area contributed by atoms with Crippen LogP contribution in [0.2, 0.25) is 0 Å². The van der Waals surface area contributed by atoms with E-state index in [1.165, 1.54) is 0 Å². The average Bonchev–Trinajstić information content (AvgIpc) is 2.42. The minimum atomic E-state index is 0.607. The Hall–Kier alpha value is -1.61. The highest BCUT2D eigenvalue weighted by atomic mass is 79.9. The van der Waals surface area contributed by atoms with Crippen molar-refractivity contribution in [3.05, 3.63) is 70.8 Å². The monoisotopic (exact) mass is 303 g/mol. The molecule has 18 heavy (non-hydrogen) atoms. The molecule has 0 aromatic heterocycles. The zero-order valence-corrected chi connectivity index (χ0v) is 11.7. The number of hydrogen-bond acceptors (Lipinski definition) is 2. The van der Waals surface area contributed by atoms with Gasteiger partial charge in [-0.05, 0) is 24.1 Å². The van der Waals surface area contributed by atoms with E-state index in [4.69, 9.17) is 0 Å². The van der Waals surface area contributed by atoms with E-state index in [0.717, 1.165) is 27.6 Å². The zero-order valence-electron chi connectivity index (χ0n) is 10.1. The summed E-state index contributed by atoms with van der Waals surface area (Å²) >= 11 is 3.43. The van der Waals surface area contributed by atoms with E-state index in [1.54, 1.807) is 0 Å². The molecule has 0 aliphatic carbocycles. The van der Waals surface area contributed by atoms with Crippen LogP contribution in [0.4, 0.5) is 0 Å². The van der Waals surface area contributed by atoms with E-state index in [0.29, 0.717) is 5.71 Å². The topological polar surface area (TPSA) is 32.6 Å². The fourth-order valence-corrected chi connectivity index (χ4v) is 2.26. The molecule has 2 rings (SSSR count). The third kappa shape index (κ3) is 2.62. The molecule has 0 saturated heterocycles. The fraction of sp³-hybridized carbons (Fsp3) is 0.133. The van der Waals surface area contributed by atoms with Crippen molar-refractivity contribution in [1.82, 2.24) is 0 Å². The number of aryl methyl sites for hydroxylation is 1. The quantitative estimate of drug-likeness (QED) is 0.393. The lowest BCUT2D eigenvalue weighted by atomic mass is 9.97. The van der Waals surface area contributed by atoms with Gasteiger partial charge in [-0.2, -0.15) is 0 Å². The Kier molecular flexibility index (Phi) is 4.15. The minimum Gasteiger partial charge on any atom is -0.410 e. The van der Waals surface area contributed by atoms with Crippen molar-refractivity contribution >= 4 is 21.6 Å². The van der Waals surface area contributed by atoms with Crippen LogP contribution in [0.25, 0.3) is 0 Å². The van der Waals surface area contributed by atoms with Crippen LogP contribution < -0.4 is 0 Å². The maximum absolute atomic E-state index is 9.30. The number of nitrogens with zero attached hydrogens (tertiary/aromatic N) is 1. The normalized spacial score (nSPS) is 11.6. The van der Waals surface area contributed by atoms with Crippen molar-refractivity contribution in [2.24, 2.45) is 5.16 Å². The highest BCUT2D eigenvalue weighted by Crippen LogP contribution is 2.17. The maximum Gasteiger partial charge on any atom is 0.117 e. The van der Waals surface area contributed by atoms with Crippen LogP contribution in [0, 0.1) is 6.92 Å². The van der Waals surface area contributed by atoms with Gasteiger partial charge in [0.1, 0.15) is 5.71 Å². The molecule has 3 heteroatoms. The second-order valence-corrected chi connectivity index (χ2v) is 4.66. The Bertz CT molecular complexity index is 578. The molecule has 0 heterocycles. The molecule has 1 N–H and O–H groups in total. The molecular weight excluding hydrogens is 290 g/mol. The summed E-state index contributed by atoms with van der Waals surface area (Å²) in [6.45, 7) is 2.01. The van der Waals surface area contributed by atoms with Gasteiger partial charge in [-0.15, -0.1) is 0 Å². The van der Waals surface area contributed by atoms with Crippen LogP contribution in [0.1, 0.15) is 22.3 Å². The van der Waals surface area contributed by atoms with E-state index in [-0.39, 0.29) is 0 Å². The predicted octanol–water partition coefficient (Wildman–Crippen LogP) is 4.12. The molecule has 0 aliphatic rings. The van der Waals surface area contributed by atoms with Gasteiger partial charge in [0.25, 0.3) is 0 Å². The van der Waals surface area contributed by atoms with Gasteiger partial charge < -0.3 is 5.21 Å². The largest absolute Gasteiger partial charge is 0.410 e. The predicted molar refractivity (Wildman–Crippen MR) is 77.7 cm³/mol. The van der Waals surface area contributed by atoms with Gasteiger partial charge in [0.2, 0.25) is 0 Å². The third-order valence-corrected chi connectivity index (χ3v) is 3.50. The summed E-state index contributed by atoms with van der Waals surface area (Å²) in [6.07, 6.45) is 0. The molecular formula is C15H14BrNO. The van der Waals surface area contributed by atoms with Crippen molar-refractivity contribution < 1.29 is 5.21 Å². The number of benzene rings is 2. The first-order chi connectivity index (χ1) is 8.76. The maximum atomic E-state index is 9.30. The summed E-state index contributed by atoms with van der Waals surface area (Å²) in [7, 11) is 0. The molecule has 2 nitrogen and oxygen atoms in total. The van der Waals surface area contributed by atoms with Crippen LogP contribution in [0.5, 0.6) is 0 Å². The number of oxime groups is 1. The number of alkyl halides is 1. The second-order valence-electron chi connectivity index (χ2n) is 4.10. The lowest BCUT2D eigenvalue weighted by Gasteiger charge is -2.09. The lowest BCUT2D eigenvalue weighted by molar-refractivity contribution is 0.319. The van der Waals surface area contributed by atoms with Gasteiger partial charge >= 0.3 is 0 Å².